The second-order valence-electron chi connectivity index (χ2n) is 5.56. The van der Waals surface area contributed by atoms with Gasteiger partial charge in [0.05, 0.1) is 12.2 Å². The van der Waals surface area contributed by atoms with E-state index in [2.05, 4.69) is 35.9 Å². The Morgan fingerprint density at radius 1 is 1.21 bits per heavy atom. The van der Waals surface area contributed by atoms with Crippen LogP contribution in [0.4, 0.5) is 24.3 Å². The molecule has 0 unspecified atom stereocenters. The van der Waals surface area contributed by atoms with E-state index < -0.39 is 11.9 Å². The summed E-state index contributed by atoms with van der Waals surface area (Å²) in [5.74, 6) is 0.481. The van der Waals surface area contributed by atoms with Crippen LogP contribution in [-0.2, 0) is 12.7 Å². The lowest BCUT2D eigenvalue weighted by molar-refractivity contribution is -0.141. The summed E-state index contributed by atoms with van der Waals surface area (Å²) in [5.41, 5.74) is -0.0899. The van der Waals surface area contributed by atoms with Gasteiger partial charge in [0.25, 0.3) is 0 Å². The van der Waals surface area contributed by atoms with Crippen LogP contribution < -0.4 is 20.9 Å². The molecule has 2 rings (SSSR count). The topological polar surface area (TPSA) is 90.4 Å². The van der Waals surface area contributed by atoms with Crippen LogP contribution in [0.5, 0.6) is 0 Å². The van der Waals surface area contributed by atoms with E-state index in [0.29, 0.717) is 25.6 Å². The SMILES string of the molecule is CN=C(NCCNc1nccc(C(F)(F)F)n1)NCc1csc(N(C)C)n1.I. The van der Waals surface area contributed by atoms with E-state index in [9.17, 15) is 13.2 Å². The lowest BCUT2D eigenvalue weighted by Gasteiger charge is -2.12. The minimum absolute atomic E-state index is 0. The molecule has 0 spiro atoms. The highest BCUT2D eigenvalue weighted by Gasteiger charge is 2.32. The molecular weight excluding hydrogens is 508 g/mol. The Morgan fingerprint density at radius 3 is 2.57 bits per heavy atom. The number of aromatic nitrogens is 3. The van der Waals surface area contributed by atoms with E-state index in [0.717, 1.165) is 23.1 Å². The highest BCUT2D eigenvalue weighted by molar-refractivity contribution is 14.0. The molecule has 0 atom stereocenters. The molecule has 0 saturated carbocycles. The van der Waals surface area contributed by atoms with Crippen molar-refractivity contribution in [3.8, 4) is 0 Å². The average molecular weight is 530 g/mol. The van der Waals surface area contributed by atoms with Gasteiger partial charge in [0.15, 0.2) is 11.1 Å². The largest absolute Gasteiger partial charge is 0.433 e. The minimum atomic E-state index is -4.49. The molecule has 0 aliphatic carbocycles. The van der Waals surface area contributed by atoms with Gasteiger partial charge in [0.2, 0.25) is 5.95 Å². The smallest absolute Gasteiger partial charge is 0.355 e. The predicted molar refractivity (Wildman–Crippen MR) is 116 cm³/mol. The summed E-state index contributed by atoms with van der Waals surface area (Å²) in [4.78, 5) is 17.7. The van der Waals surface area contributed by atoms with Crippen molar-refractivity contribution in [3.05, 3.63) is 29.0 Å². The van der Waals surface area contributed by atoms with Crippen molar-refractivity contribution in [1.82, 2.24) is 25.6 Å². The standard InChI is InChI=1S/C15H21F3N8S.HI/c1-19-12(23-8-10-9-27-14(24-10)26(2)3)21-6-7-22-13-20-5-4-11(25-13)15(16,17)18;/h4-5,9H,6-8H2,1-3H3,(H2,19,21,23)(H,20,22,25);1H. The van der Waals surface area contributed by atoms with Crippen molar-refractivity contribution in [2.75, 3.05) is 44.4 Å². The summed E-state index contributed by atoms with van der Waals surface area (Å²) < 4.78 is 37.9. The maximum atomic E-state index is 12.6. The summed E-state index contributed by atoms with van der Waals surface area (Å²) in [6, 6.07) is 0.829. The predicted octanol–water partition coefficient (Wildman–Crippen LogP) is 2.41. The fourth-order valence-corrected chi connectivity index (χ4v) is 2.69. The molecular formula is C15H22F3IN8S. The quantitative estimate of drug-likeness (QED) is 0.219. The maximum absolute atomic E-state index is 12.6. The molecule has 0 bridgehead atoms. The number of aliphatic imine (C=N–C) groups is 1. The highest BCUT2D eigenvalue weighted by Crippen LogP contribution is 2.27. The van der Waals surface area contributed by atoms with Crippen LogP contribution >= 0.6 is 35.3 Å². The van der Waals surface area contributed by atoms with Gasteiger partial charge >= 0.3 is 6.18 Å². The van der Waals surface area contributed by atoms with Crippen molar-refractivity contribution in [1.29, 1.82) is 0 Å². The first-order chi connectivity index (χ1) is 12.8. The molecule has 0 aliphatic heterocycles. The molecule has 0 amide bonds. The van der Waals surface area contributed by atoms with Crippen molar-refractivity contribution in [2.24, 2.45) is 4.99 Å². The van der Waals surface area contributed by atoms with E-state index in [4.69, 9.17) is 0 Å². The number of guanidine groups is 1. The van der Waals surface area contributed by atoms with Gasteiger partial charge in [-0.3, -0.25) is 4.99 Å². The summed E-state index contributed by atoms with van der Waals surface area (Å²) in [7, 11) is 5.49. The Labute approximate surface area is 182 Å². The van der Waals surface area contributed by atoms with E-state index in [-0.39, 0.29) is 29.9 Å². The molecule has 0 fully saturated rings. The molecule has 2 aromatic rings. The van der Waals surface area contributed by atoms with Crippen LogP contribution in [0, 0.1) is 0 Å². The van der Waals surface area contributed by atoms with Gasteiger partial charge in [-0.2, -0.15) is 13.2 Å². The van der Waals surface area contributed by atoms with Gasteiger partial charge in [0, 0.05) is 45.8 Å². The zero-order chi connectivity index (χ0) is 19.9. The fourth-order valence-electron chi connectivity index (χ4n) is 1.93. The molecule has 28 heavy (non-hydrogen) atoms. The summed E-state index contributed by atoms with van der Waals surface area (Å²) in [6.45, 7) is 1.25. The normalized spacial score (nSPS) is 11.6. The molecule has 156 valence electrons. The summed E-state index contributed by atoms with van der Waals surface area (Å²) in [6.07, 6.45) is -3.42. The van der Waals surface area contributed by atoms with Crippen molar-refractivity contribution < 1.29 is 13.2 Å². The van der Waals surface area contributed by atoms with Gasteiger partial charge in [-0.05, 0) is 6.07 Å². The van der Waals surface area contributed by atoms with Gasteiger partial charge < -0.3 is 20.9 Å². The molecule has 0 saturated heterocycles. The van der Waals surface area contributed by atoms with E-state index in [1.807, 2.05) is 24.4 Å². The lowest BCUT2D eigenvalue weighted by Crippen LogP contribution is -2.39. The molecule has 3 N–H and O–H groups in total. The number of hydrogen-bond donors (Lipinski definition) is 3. The zero-order valence-corrected chi connectivity index (χ0v) is 18.7. The number of anilines is 2. The van der Waals surface area contributed by atoms with Gasteiger partial charge in [-0.15, -0.1) is 35.3 Å². The van der Waals surface area contributed by atoms with Crippen LogP contribution in [0.1, 0.15) is 11.4 Å². The number of alkyl halides is 3. The molecule has 0 aromatic carbocycles. The number of nitrogens with one attached hydrogen (secondary N) is 3. The number of rotatable bonds is 7. The van der Waals surface area contributed by atoms with E-state index >= 15 is 0 Å². The Hall–Kier alpha value is -1.90. The number of hydrogen-bond acceptors (Lipinski definition) is 7. The average Bonchev–Trinajstić information content (AvgIpc) is 3.10. The highest BCUT2D eigenvalue weighted by atomic mass is 127. The Bertz CT molecular complexity index is 766. The molecule has 2 heterocycles. The van der Waals surface area contributed by atoms with Crippen LogP contribution in [0.15, 0.2) is 22.6 Å². The third-order valence-electron chi connectivity index (χ3n) is 3.23. The number of thiazole rings is 1. The van der Waals surface area contributed by atoms with Crippen LogP contribution in [0.3, 0.4) is 0 Å². The summed E-state index contributed by atoms with van der Waals surface area (Å²) in [5, 5.41) is 11.8. The first kappa shape index (κ1) is 24.1. The van der Waals surface area contributed by atoms with Crippen molar-refractivity contribution in [2.45, 2.75) is 12.7 Å². The minimum Gasteiger partial charge on any atom is -0.355 e. The maximum Gasteiger partial charge on any atom is 0.433 e. The fraction of sp³-hybridized carbons (Fsp3) is 0.467. The Kier molecular flexibility index (Phi) is 9.64. The number of nitrogens with zero attached hydrogens (tertiary/aromatic N) is 5. The van der Waals surface area contributed by atoms with Crippen molar-refractivity contribution in [3.63, 3.8) is 0 Å². The van der Waals surface area contributed by atoms with Gasteiger partial charge in [0.1, 0.15) is 5.69 Å². The molecule has 0 radical (unpaired) electrons. The molecule has 0 aliphatic rings. The second kappa shape index (κ2) is 11.2. The number of halogens is 4. The first-order valence-electron chi connectivity index (χ1n) is 8.00. The lowest BCUT2D eigenvalue weighted by atomic mass is 10.4. The second-order valence-corrected chi connectivity index (χ2v) is 6.39. The summed E-state index contributed by atoms with van der Waals surface area (Å²) >= 11 is 1.55. The van der Waals surface area contributed by atoms with Crippen LogP contribution in [-0.4, -0.2) is 55.1 Å². The monoisotopic (exact) mass is 530 g/mol. The molecule has 8 nitrogen and oxygen atoms in total. The molecule has 13 heteroatoms. The third-order valence-corrected chi connectivity index (χ3v) is 4.29. The first-order valence-corrected chi connectivity index (χ1v) is 8.88. The molecule has 2 aromatic heterocycles. The van der Waals surface area contributed by atoms with Crippen LogP contribution in [0.2, 0.25) is 0 Å². The van der Waals surface area contributed by atoms with Gasteiger partial charge in [-0.1, -0.05) is 0 Å². The van der Waals surface area contributed by atoms with E-state index in [1.165, 1.54) is 0 Å². The van der Waals surface area contributed by atoms with Crippen LogP contribution in [0.25, 0.3) is 0 Å². The zero-order valence-electron chi connectivity index (χ0n) is 15.5. The van der Waals surface area contributed by atoms with Crippen molar-refractivity contribution >= 4 is 52.4 Å². The Balaban J connectivity index is 0.00000392. The Morgan fingerprint density at radius 2 is 1.96 bits per heavy atom. The van der Waals surface area contributed by atoms with E-state index in [1.54, 1.807) is 18.4 Å². The third kappa shape index (κ3) is 7.61. The van der Waals surface area contributed by atoms with Gasteiger partial charge in [-0.25, -0.2) is 15.0 Å².